The van der Waals surface area contributed by atoms with Gasteiger partial charge < -0.3 is 15.5 Å². The van der Waals surface area contributed by atoms with Crippen LogP contribution in [0.1, 0.15) is 10.4 Å². The first-order valence-electron chi connectivity index (χ1n) is 8.13. The van der Waals surface area contributed by atoms with Gasteiger partial charge in [-0.25, -0.2) is 13.4 Å². The van der Waals surface area contributed by atoms with E-state index < -0.39 is 27.4 Å². The number of aromatic hydroxyl groups is 1. The summed E-state index contributed by atoms with van der Waals surface area (Å²) in [5.74, 6) is -1.78. The smallest absolute Gasteiger partial charge is 0.278 e. The molecule has 1 aromatic carbocycles. The van der Waals surface area contributed by atoms with Crippen LogP contribution >= 0.6 is 11.3 Å². The number of nitrogens with zero attached hydrogens (tertiary/aromatic N) is 2. The van der Waals surface area contributed by atoms with Crippen molar-refractivity contribution in [3.05, 3.63) is 52.7 Å². The number of carbonyl (C=O) groups is 1. The summed E-state index contributed by atoms with van der Waals surface area (Å²) in [5.41, 5.74) is 0.504. The van der Waals surface area contributed by atoms with E-state index >= 15 is 0 Å². The maximum Gasteiger partial charge on any atom is 0.278 e. The standard InChI is InChI=1S/C18H15N3O5S2/c1-9-5-6-10-12(8-9)27-15-14(23)13(21(2)28(25,26)16(10)15)18(24)20-17-11(22)4-3-7-19-17/h3-8,22-23H,1-2H3,(H,19,20,24). The fourth-order valence-electron chi connectivity index (χ4n) is 3.02. The molecule has 0 saturated heterocycles. The molecule has 0 radical (unpaired) electrons. The van der Waals surface area contributed by atoms with Gasteiger partial charge in [0.25, 0.3) is 15.9 Å². The lowest BCUT2D eigenvalue weighted by molar-refractivity contribution is -0.113. The first kappa shape index (κ1) is 18.3. The number of carbonyl (C=O) groups excluding carboxylic acids is 1. The van der Waals surface area contributed by atoms with Gasteiger partial charge in [-0.1, -0.05) is 12.1 Å². The molecule has 0 bridgehead atoms. The van der Waals surface area contributed by atoms with Crippen LogP contribution in [-0.4, -0.2) is 40.9 Å². The Hall–Kier alpha value is -3.11. The number of sulfonamides is 1. The predicted octanol–water partition coefficient (Wildman–Crippen LogP) is 2.81. The highest BCUT2D eigenvalue weighted by Crippen LogP contribution is 2.44. The number of hydrogen-bond acceptors (Lipinski definition) is 7. The molecule has 28 heavy (non-hydrogen) atoms. The van der Waals surface area contributed by atoms with Crippen molar-refractivity contribution in [2.24, 2.45) is 0 Å². The van der Waals surface area contributed by atoms with Crippen molar-refractivity contribution >= 4 is 48.9 Å². The maximum atomic E-state index is 13.1. The molecular formula is C18H15N3O5S2. The zero-order chi connectivity index (χ0) is 20.2. The Morgan fingerprint density at radius 2 is 2.00 bits per heavy atom. The Balaban J connectivity index is 1.90. The van der Waals surface area contributed by atoms with Crippen molar-refractivity contribution < 1.29 is 23.4 Å². The highest BCUT2D eigenvalue weighted by Gasteiger charge is 2.41. The SMILES string of the molecule is Cc1ccc2c3c(sc2c1)C(O)=C(C(=O)Nc1ncccc1O)N(C)S3(=O)=O. The summed E-state index contributed by atoms with van der Waals surface area (Å²) in [4.78, 5) is 16.6. The number of likely N-dealkylation sites (N-methyl/N-ethyl adjacent to an activating group) is 1. The zero-order valence-electron chi connectivity index (χ0n) is 14.8. The topological polar surface area (TPSA) is 120 Å². The number of aromatic nitrogens is 1. The first-order chi connectivity index (χ1) is 13.2. The van der Waals surface area contributed by atoms with Gasteiger partial charge in [0, 0.05) is 23.3 Å². The van der Waals surface area contributed by atoms with Crippen LogP contribution in [0.25, 0.3) is 15.8 Å². The van der Waals surface area contributed by atoms with Crippen LogP contribution in [0.5, 0.6) is 5.75 Å². The highest BCUT2D eigenvalue weighted by molar-refractivity contribution is 7.89. The van der Waals surface area contributed by atoms with Crippen LogP contribution in [-0.2, 0) is 14.8 Å². The third-order valence-electron chi connectivity index (χ3n) is 4.41. The Morgan fingerprint density at radius 3 is 2.71 bits per heavy atom. The van der Waals surface area contributed by atoms with Crippen LogP contribution in [0, 0.1) is 6.92 Å². The molecule has 8 nitrogen and oxygen atoms in total. The van der Waals surface area contributed by atoms with Gasteiger partial charge in [0.05, 0.1) is 4.88 Å². The molecule has 1 aliphatic heterocycles. The van der Waals surface area contributed by atoms with E-state index in [1.807, 2.05) is 13.0 Å². The van der Waals surface area contributed by atoms with Crippen molar-refractivity contribution in [3.63, 3.8) is 0 Å². The zero-order valence-corrected chi connectivity index (χ0v) is 16.4. The van der Waals surface area contributed by atoms with Gasteiger partial charge in [-0.05, 0) is 30.7 Å². The number of nitrogens with one attached hydrogen (secondary N) is 1. The summed E-state index contributed by atoms with van der Waals surface area (Å²) in [6, 6.07) is 8.11. The van der Waals surface area contributed by atoms with Crippen molar-refractivity contribution in [2.75, 3.05) is 12.4 Å². The molecule has 4 rings (SSSR count). The van der Waals surface area contributed by atoms with Crippen LogP contribution in [0.15, 0.2) is 47.1 Å². The number of anilines is 1. The lowest BCUT2D eigenvalue weighted by atomic mass is 10.2. The summed E-state index contributed by atoms with van der Waals surface area (Å²) >= 11 is 1.10. The minimum absolute atomic E-state index is 0.0234. The number of aliphatic hydroxyl groups excluding tert-OH is 1. The molecule has 2 aromatic heterocycles. The van der Waals surface area contributed by atoms with E-state index in [1.165, 1.54) is 25.4 Å². The van der Waals surface area contributed by atoms with Crippen LogP contribution in [0.2, 0.25) is 0 Å². The molecule has 1 amide bonds. The third kappa shape index (κ3) is 2.60. The van der Waals surface area contributed by atoms with Crippen molar-refractivity contribution in [1.82, 2.24) is 9.29 Å². The van der Waals surface area contributed by atoms with E-state index in [2.05, 4.69) is 10.3 Å². The molecule has 3 aromatic rings. The van der Waals surface area contributed by atoms with Crippen molar-refractivity contribution in [3.8, 4) is 5.75 Å². The molecular weight excluding hydrogens is 402 g/mol. The highest BCUT2D eigenvalue weighted by atomic mass is 32.2. The van der Waals surface area contributed by atoms with Crippen molar-refractivity contribution in [1.29, 1.82) is 0 Å². The average molecular weight is 417 g/mol. The summed E-state index contributed by atoms with van der Waals surface area (Å²) < 4.78 is 27.6. The molecule has 0 saturated carbocycles. The normalized spacial score (nSPS) is 15.6. The third-order valence-corrected chi connectivity index (χ3v) is 7.54. The summed E-state index contributed by atoms with van der Waals surface area (Å²) in [6.45, 7) is 1.88. The maximum absolute atomic E-state index is 13.1. The van der Waals surface area contributed by atoms with E-state index in [1.54, 1.807) is 12.1 Å². The minimum Gasteiger partial charge on any atom is -0.504 e. The quantitative estimate of drug-likeness (QED) is 0.590. The summed E-state index contributed by atoms with van der Waals surface area (Å²) in [6.07, 6.45) is 1.36. The van der Waals surface area contributed by atoms with Crippen molar-refractivity contribution in [2.45, 2.75) is 11.8 Å². The molecule has 0 spiro atoms. The number of aryl methyl sites for hydroxylation is 1. The Bertz CT molecular complexity index is 1280. The van der Waals surface area contributed by atoms with E-state index in [0.29, 0.717) is 10.1 Å². The number of benzene rings is 1. The second kappa shape index (κ2) is 6.21. The van der Waals surface area contributed by atoms with Gasteiger partial charge in [-0.15, -0.1) is 11.3 Å². The molecule has 144 valence electrons. The molecule has 0 atom stereocenters. The molecule has 3 heterocycles. The first-order valence-corrected chi connectivity index (χ1v) is 10.4. The van der Waals surface area contributed by atoms with E-state index in [-0.39, 0.29) is 21.3 Å². The molecule has 3 N–H and O–H groups in total. The predicted molar refractivity (Wildman–Crippen MR) is 106 cm³/mol. The second-order valence-corrected chi connectivity index (χ2v) is 9.21. The lowest BCUT2D eigenvalue weighted by Crippen LogP contribution is -2.36. The number of thiophene rings is 1. The Morgan fingerprint density at radius 1 is 1.25 bits per heavy atom. The fourth-order valence-corrected chi connectivity index (χ4v) is 6.13. The van der Waals surface area contributed by atoms with Gasteiger partial charge in [0.1, 0.15) is 4.90 Å². The molecule has 1 aliphatic rings. The molecule has 0 aliphatic carbocycles. The van der Waals surface area contributed by atoms with Crippen LogP contribution < -0.4 is 5.32 Å². The molecule has 10 heteroatoms. The number of pyridine rings is 1. The van der Waals surface area contributed by atoms with E-state index in [0.717, 1.165) is 21.2 Å². The number of hydrogen-bond donors (Lipinski definition) is 3. The Kier molecular flexibility index (Phi) is 4.05. The largest absolute Gasteiger partial charge is 0.504 e. The van der Waals surface area contributed by atoms with Gasteiger partial charge >= 0.3 is 0 Å². The van der Waals surface area contributed by atoms with Crippen LogP contribution in [0.4, 0.5) is 5.82 Å². The van der Waals surface area contributed by atoms with Gasteiger partial charge in [0.2, 0.25) is 0 Å². The van der Waals surface area contributed by atoms with E-state index in [4.69, 9.17) is 0 Å². The summed E-state index contributed by atoms with van der Waals surface area (Å²) in [7, 11) is -2.87. The Labute approximate surface area is 164 Å². The lowest BCUT2D eigenvalue weighted by Gasteiger charge is -2.27. The number of aliphatic hydroxyl groups is 1. The monoisotopic (exact) mass is 417 g/mol. The van der Waals surface area contributed by atoms with Gasteiger partial charge in [0.15, 0.2) is 23.0 Å². The fraction of sp³-hybridized carbons (Fsp3) is 0.111. The minimum atomic E-state index is -4.06. The van der Waals surface area contributed by atoms with Gasteiger partial charge in [-0.3, -0.25) is 9.10 Å². The number of rotatable bonds is 2. The molecule has 0 unspecified atom stereocenters. The summed E-state index contributed by atoms with van der Waals surface area (Å²) in [5, 5.41) is 23.4. The van der Waals surface area contributed by atoms with Crippen LogP contribution in [0.3, 0.4) is 0 Å². The van der Waals surface area contributed by atoms with Gasteiger partial charge in [-0.2, -0.15) is 0 Å². The average Bonchev–Trinajstić information content (AvgIpc) is 3.02. The number of amides is 1. The van der Waals surface area contributed by atoms with E-state index in [9.17, 15) is 23.4 Å². The molecule has 0 fully saturated rings. The second-order valence-electron chi connectivity index (χ2n) is 6.25. The number of fused-ring (bicyclic) bond motifs is 3.